The molecule has 0 bridgehead atoms. The van der Waals surface area contributed by atoms with Crippen molar-refractivity contribution < 1.29 is 4.74 Å². The number of benzene rings is 1. The highest BCUT2D eigenvalue weighted by Gasteiger charge is 2.12. The van der Waals surface area contributed by atoms with E-state index in [0.29, 0.717) is 6.04 Å². The van der Waals surface area contributed by atoms with Crippen LogP contribution >= 0.6 is 0 Å². The van der Waals surface area contributed by atoms with Gasteiger partial charge in [0.2, 0.25) is 0 Å². The molecular formula is C15H25NO. The molecule has 0 heterocycles. The van der Waals surface area contributed by atoms with Crippen LogP contribution in [0.4, 0.5) is 0 Å². The topological polar surface area (TPSA) is 21.3 Å². The number of nitrogens with one attached hydrogen (secondary N) is 1. The molecule has 1 N–H and O–H groups in total. The molecule has 0 aliphatic heterocycles. The van der Waals surface area contributed by atoms with Gasteiger partial charge in [-0.05, 0) is 49.6 Å². The lowest BCUT2D eigenvalue weighted by atomic mass is 9.97. The van der Waals surface area contributed by atoms with E-state index in [1.807, 2.05) is 0 Å². The number of rotatable bonds is 7. The molecule has 0 radical (unpaired) electrons. The van der Waals surface area contributed by atoms with Crippen LogP contribution in [0, 0.1) is 6.92 Å². The molecule has 0 saturated carbocycles. The van der Waals surface area contributed by atoms with E-state index < -0.39 is 0 Å². The SMILES string of the molecule is CCCNC(CCC)c1ccc(OC)cc1C. The Balaban J connectivity index is 2.85. The van der Waals surface area contributed by atoms with Crippen LogP contribution < -0.4 is 10.1 Å². The summed E-state index contributed by atoms with van der Waals surface area (Å²) < 4.78 is 5.25. The zero-order chi connectivity index (χ0) is 12.7. The Kier molecular flexibility index (Phi) is 6.06. The maximum Gasteiger partial charge on any atom is 0.119 e. The highest BCUT2D eigenvalue weighted by Crippen LogP contribution is 2.25. The van der Waals surface area contributed by atoms with Crippen molar-refractivity contribution in [3.8, 4) is 5.75 Å². The summed E-state index contributed by atoms with van der Waals surface area (Å²) in [7, 11) is 1.72. The Morgan fingerprint density at radius 2 is 2.00 bits per heavy atom. The molecule has 0 amide bonds. The molecule has 0 aromatic heterocycles. The number of aryl methyl sites for hydroxylation is 1. The van der Waals surface area contributed by atoms with Gasteiger partial charge in [0.1, 0.15) is 5.75 Å². The first-order valence-electron chi connectivity index (χ1n) is 6.60. The van der Waals surface area contributed by atoms with Crippen molar-refractivity contribution in [1.82, 2.24) is 5.32 Å². The van der Waals surface area contributed by atoms with Gasteiger partial charge in [-0.3, -0.25) is 0 Å². The second kappa shape index (κ2) is 7.33. The van der Waals surface area contributed by atoms with Crippen molar-refractivity contribution in [1.29, 1.82) is 0 Å². The van der Waals surface area contributed by atoms with Gasteiger partial charge in [0.15, 0.2) is 0 Å². The molecule has 0 spiro atoms. The molecule has 0 aliphatic carbocycles. The molecule has 1 unspecified atom stereocenters. The Labute approximate surface area is 105 Å². The van der Waals surface area contributed by atoms with Gasteiger partial charge in [0, 0.05) is 6.04 Å². The Bertz CT molecular complexity index is 336. The van der Waals surface area contributed by atoms with Crippen LogP contribution in [0.2, 0.25) is 0 Å². The Morgan fingerprint density at radius 1 is 1.24 bits per heavy atom. The maximum atomic E-state index is 5.25. The van der Waals surface area contributed by atoms with Crippen molar-refractivity contribution in [2.45, 2.75) is 46.1 Å². The van der Waals surface area contributed by atoms with Crippen LogP contribution in [0.3, 0.4) is 0 Å². The third kappa shape index (κ3) is 4.04. The minimum atomic E-state index is 0.478. The van der Waals surface area contributed by atoms with Crippen LogP contribution in [-0.2, 0) is 0 Å². The second-order valence-corrected chi connectivity index (χ2v) is 4.52. The normalized spacial score (nSPS) is 12.5. The molecule has 1 rings (SSSR count). The summed E-state index contributed by atoms with van der Waals surface area (Å²) in [5, 5.41) is 3.62. The van der Waals surface area contributed by atoms with Gasteiger partial charge < -0.3 is 10.1 Å². The molecule has 1 aromatic rings. The lowest BCUT2D eigenvalue weighted by Gasteiger charge is -2.20. The zero-order valence-electron chi connectivity index (χ0n) is 11.5. The van der Waals surface area contributed by atoms with Crippen molar-refractivity contribution in [2.24, 2.45) is 0 Å². The van der Waals surface area contributed by atoms with E-state index in [1.54, 1.807) is 7.11 Å². The summed E-state index contributed by atoms with van der Waals surface area (Å²) >= 11 is 0. The molecule has 1 atom stereocenters. The number of hydrogen-bond acceptors (Lipinski definition) is 2. The van der Waals surface area contributed by atoms with Crippen LogP contribution in [-0.4, -0.2) is 13.7 Å². The van der Waals surface area contributed by atoms with Crippen LogP contribution in [0.5, 0.6) is 5.75 Å². The molecule has 96 valence electrons. The van der Waals surface area contributed by atoms with E-state index in [9.17, 15) is 0 Å². The van der Waals surface area contributed by atoms with Gasteiger partial charge in [-0.2, -0.15) is 0 Å². The second-order valence-electron chi connectivity index (χ2n) is 4.52. The average Bonchev–Trinajstić information content (AvgIpc) is 2.34. The van der Waals surface area contributed by atoms with Crippen molar-refractivity contribution in [3.05, 3.63) is 29.3 Å². The minimum Gasteiger partial charge on any atom is -0.497 e. The van der Waals surface area contributed by atoms with Gasteiger partial charge in [-0.15, -0.1) is 0 Å². The molecule has 0 saturated heterocycles. The fourth-order valence-corrected chi connectivity index (χ4v) is 2.14. The number of methoxy groups -OCH3 is 1. The fraction of sp³-hybridized carbons (Fsp3) is 0.600. The smallest absolute Gasteiger partial charge is 0.119 e. The van der Waals surface area contributed by atoms with E-state index in [-0.39, 0.29) is 0 Å². The monoisotopic (exact) mass is 235 g/mol. The Morgan fingerprint density at radius 3 is 2.53 bits per heavy atom. The predicted octanol–water partition coefficient (Wildman–Crippen LogP) is 3.84. The minimum absolute atomic E-state index is 0.478. The Hall–Kier alpha value is -1.02. The summed E-state index contributed by atoms with van der Waals surface area (Å²) in [4.78, 5) is 0. The lowest BCUT2D eigenvalue weighted by molar-refractivity contribution is 0.413. The quantitative estimate of drug-likeness (QED) is 0.775. The van der Waals surface area contributed by atoms with Gasteiger partial charge >= 0.3 is 0 Å². The molecule has 17 heavy (non-hydrogen) atoms. The van der Waals surface area contributed by atoms with E-state index in [4.69, 9.17) is 4.74 Å². The van der Waals surface area contributed by atoms with Crippen molar-refractivity contribution >= 4 is 0 Å². The maximum absolute atomic E-state index is 5.25. The average molecular weight is 235 g/mol. The van der Waals surface area contributed by atoms with Crippen molar-refractivity contribution in [2.75, 3.05) is 13.7 Å². The number of hydrogen-bond donors (Lipinski definition) is 1. The first-order valence-corrected chi connectivity index (χ1v) is 6.60. The predicted molar refractivity (Wildman–Crippen MR) is 73.7 cm³/mol. The summed E-state index contributed by atoms with van der Waals surface area (Å²) in [6, 6.07) is 6.84. The van der Waals surface area contributed by atoms with Crippen LogP contribution in [0.15, 0.2) is 18.2 Å². The summed E-state index contributed by atoms with van der Waals surface area (Å²) in [6.07, 6.45) is 3.56. The zero-order valence-corrected chi connectivity index (χ0v) is 11.5. The third-order valence-corrected chi connectivity index (χ3v) is 3.07. The van der Waals surface area contributed by atoms with E-state index in [2.05, 4.69) is 44.3 Å². The standard InChI is InChI=1S/C15H25NO/c1-5-7-15(16-10-6-2)14-9-8-13(17-4)11-12(14)3/h8-9,11,15-16H,5-7,10H2,1-4H3. The molecule has 1 aromatic carbocycles. The van der Waals surface area contributed by atoms with Gasteiger partial charge in [-0.1, -0.05) is 26.3 Å². The highest BCUT2D eigenvalue weighted by molar-refractivity contribution is 5.36. The van der Waals surface area contributed by atoms with Crippen LogP contribution in [0.25, 0.3) is 0 Å². The molecular weight excluding hydrogens is 210 g/mol. The summed E-state index contributed by atoms with van der Waals surface area (Å²) in [5.74, 6) is 0.942. The first kappa shape index (κ1) is 14.0. The summed E-state index contributed by atoms with van der Waals surface area (Å²) in [6.45, 7) is 7.68. The molecule has 0 aliphatic rings. The van der Waals surface area contributed by atoms with Gasteiger partial charge in [0.25, 0.3) is 0 Å². The largest absolute Gasteiger partial charge is 0.497 e. The van der Waals surface area contributed by atoms with E-state index in [0.717, 1.165) is 12.3 Å². The fourth-order valence-electron chi connectivity index (χ4n) is 2.14. The van der Waals surface area contributed by atoms with Crippen molar-refractivity contribution in [3.63, 3.8) is 0 Å². The number of ether oxygens (including phenoxy) is 1. The molecule has 2 heteroatoms. The first-order chi connectivity index (χ1) is 8.22. The van der Waals surface area contributed by atoms with Gasteiger partial charge in [-0.25, -0.2) is 0 Å². The lowest BCUT2D eigenvalue weighted by Crippen LogP contribution is -2.22. The highest BCUT2D eigenvalue weighted by atomic mass is 16.5. The third-order valence-electron chi connectivity index (χ3n) is 3.07. The van der Waals surface area contributed by atoms with E-state index >= 15 is 0 Å². The molecule has 0 fully saturated rings. The summed E-state index contributed by atoms with van der Waals surface area (Å²) in [5.41, 5.74) is 2.72. The van der Waals surface area contributed by atoms with E-state index in [1.165, 1.54) is 30.4 Å². The van der Waals surface area contributed by atoms with Gasteiger partial charge in [0.05, 0.1) is 7.11 Å². The van der Waals surface area contributed by atoms with Crippen LogP contribution in [0.1, 0.15) is 50.3 Å². The molecule has 2 nitrogen and oxygen atoms in total.